The Morgan fingerprint density at radius 1 is 1.35 bits per heavy atom. The van der Waals surface area contributed by atoms with Crippen molar-refractivity contribution in [3.05, 3.63) is 34.3 Å². The predicted octanol–water partition coefficient (Wildman–Crippen LogP) is 4.39. The highest BCUT2D eigenvalue weighted by Crippen LogP contribution is 2.34. The normalized spacial score (nSPS) is 23.9. The van der Waals surface area contributed by atoms with Crippen molar-refractivity contribution in [1.29, 1.82) is 0 Å². The third-order valence-electron chi connectivity index (χ3n) is 3.90. The molecule has 1 saturated carbocycles. The van der Waals surface area contributed by atoms with Crippen LogP contribution < -0.4 is 0 Å². The van der Waals surface area contributed by atoms with E-state index in [1.807, 2.05) is 24.3 Å². The summed E-state index contributed by atoms with van der Waals surface area (Å²) in [5, 5.41) is 0. The fourth-order valence-corrected chi connectivity index (χ4v) is 3.14. The number of halogens is 1. The lowest BCUT2D eigenvalue weighted by Gasteiger charge is -2.10. The van der Waals surface area contributed by atoms with Gasteiger partial charge in [-0.1, -0.05) is 47.5 Å². The summed E-state index contributed by atoms with van der Waals surface area (Å²) in [6.07, 6.45) is 5.26. The maximum absolute atomic E-state index is 12.2. The number of benzene rings is 1. The van der Waals surface area contributed by atoms with E-state index in [1.165, 1.54) is 12.8 Å². The molecule has 2 heteroatoms. The van der Waals surface area contributed by atoms with Gasteiger partial charge in [0, 0.05) is 16.8 Å². The van der Waals surface area contributed by atoms with E-state index in [0.717, 1.165) is 28.8 Å². The molecule has 0 heterocycles. The molecule has 92 valence electrons. The lowest BCUT2D eigenvalue weighted by Crippen LogP contribution is -2.14. The molecule has 1 aliphatic carbocycles. The standard InChI is InChI=1S/C15H19BrO/c1-2-11-7-8-13(9-11)15(17)10-12-5-3-4-6-14(12)16/h3-6,11,13H,2,7-10H2,1H3. The second kappa shape index (κ2) is 5.81. The van der Waals surface area contributed by atoms with Crippen molar-refractivity contribution in [2.45, 2.75) is 39.0 Å². The van der Waals surface area contributed by atoms with Gasteiger partial charge >= 0.3 is 0 Å². The van der Waals surface area contributed by atoms with E-state index in [4.69, 9.17) is 0 Å². The summed E-state index contributed by atoms with van der Waals surface area (Å²) in [7, 11) is 0. The zero-order valence-electron chi connectivity index (χ0n) is 10.3. The minimum absolute atomic E-state index is 0.312. The van der Waals surface area contributed by atoms with Crippen molar-refractivity contribution in [3.8, 4) is 0 Å². The van der Waals surface area contributed by atoms with E-state index in [9.17, 15) is 4.79 Å². The zero-order valence-corrected chi connectivity index (χ0v) is 11.9. The summed E-state index contributed by atoms with van der Waals surface area (Å²) >= 11 is 3.51. The quantitative estimate of drug-likeness (QED) is 0.805. The molecule has 1 aromatic carbocycles. The van der Waals surface area contributed by atoms with E-state index >= 15 is 0 Å². The summed E-state index contributed by atoms with van der Waals surface area (Å²) < 4.78 is 1.05. The highest BCUT2D eigenvalue weighted by Gasteiger charge is 2.28. The molecule has 0 aliphatic heterocycles. The Balaban J connectivity index is 1.96. The van der Waals surface area contributed by atoms with Gasteiger partial charge in [0.2, 0.25) is 0 Å². The van der Waals surface area contributed by atoms with E-state index < -0.39 is 0 Å². The number of hydrogen-bond acceptors (Lipinski definition) is 1. The van der Waals surface area contributed by atoms with Gasteiger partial charge in [0.05, 0.1) is 0 Å². The molecule has 17 heavy (non-hydrogen) atoms. The first-order chi connectivity index (χ1) is 8.20. The molecule has 0 bridgehead atoms. The largest absolute Gasteiger partial charge is 0.299 e. The maximum Gasteiger partial charge on any atom is 0.140 e. The van der Waals surface area contributed by atoms with Crippen LogP contribution >= 0.6 is 15.9 Å². The number of hydrogen-bond donors (Lipinski definition) is 0. The molecule has 2 unspecified atom stereocenters. The Morgan fingerprint density at radius 2 is 2.12 bits per heavy atom. The molecule has 2 atom stereocenters. The number of Topliss-reactive ketones (excluding diaryl/α,β-unsaturated/α-hetero) is 1. The van der Waals surface area contributed by atoms with Crippen molar-refractivity contribution < 1.29 is 4.79 Å². The first-order valence-electron chi connectivity index (χ1n) is 6.46. The van der Waals surface area contributed by atoms with Gasteiger partial charge in [0.1, 0.15) is 5.78 Å². The molecule has 2 rings (SSSR count). The monoisotopic (exact) mass is 294 g/mol. The van der Waals surface area contributed by atoms with Gasteiger partial charge in [-0.25, -0.2) is 0 Å². The average Bonchev–Trinajstić information content (AvgIpc) is 2.81. The van der Waals surface area contributed by atoms with Gasteiger partial charge in [-0.3, -0.25) is 4.79 Å². The fraction of sp³-hybridized carbons (Fsp3) is 0.533. The highest BCUT2D eigenvalue weighted by molar-refractivity contribution is 9.10. The van der Waals surface area contributed by atoms with Crippen LogP contribution in [-0.4, -0.2) is 5.78 Å². The molecule has 0 aromatic heterocycles. The van der Waals surface area contributed by atoms with Crippen molar-refractivity contribution >= 4 is 21.7 Å². The molecule has 1 fully saturated rings. The Hall–Kier alpha value is -0.630. The highest BCUT2D eigenvalue weighted by atomic mass is 79.9. The average molecular weight is 295 g/mol. The minimum Gasteiger partial charge on any atom is -0.299 e. The number of carbonyl (C=O) groups is 1. The van der Waals surface area contributed by atoms with E-state index in [0.29, 0.717) is 18.1 Å². The van der Waals surface area contributed by atoms with Crippen LogP contribution in [-0.2, 0) is 11.2 Å². The van der Waals surface area contributed by atoms with Crippen molar-refractivity contribution in [2.75, 3.05) is 0 Å². The van der Waals surface area contributed by atoms with Gasteiger partial charge in [-0.05, 0) is 36.8 Å². The second-order valence-electron chi connectivity index (χ2n) is 5.02. The summed E-state index contributed by atoms with van der Waals surface area (Å²) in [5.41, 5.74) is 1.12. The lowest BCUT2D eigenvalue weighted by molar-refractivity contribution is -0.122. The smallest absolute Gasteiger partial charge is 0.140 e. The van der Waals surface area contributed by atoms with E-state index in [-0.39, 0.29) is 0 Å². The topological polar surface area (TPSA) is 17.1 Å². The molecular weight excluding hydrogens is 276 g/mol. The molecular formula is C15H19BrO. The summed E-state index contributed by atoms with van der Waals surface area (Å²) in [5.74, 6) is 1.52. The van der Waals surface area contributed by atoms with Crippen LogP contribution in [0.25, 0.3) is 0 Å². The Morgan fingerprint density at radius 3 is 2.76 bits per heavy atom. The van der Waals surface area contributed by atoms with Crippen molar-refractivity contribution in [3.63, 3.8) is 0 Å². The molecule has 1 nitrogen and oxygen atoms in total. The van der Waals surface area contributed by atoms with Crippen LogP contribution in [0.5, 0.6) is 0 Å². The molecule has 1 aliphatic rings. The zero-order chi connectivity index (χ0) is 12.3. The number of ketones is 1. The van der Waals surface area contributed by atoms with Crippen LogP contribution in [0.3, 0.4) is 0 Å². The lowest BCUT2D eigenvalue weighted by atomic mass is 9.95. The minimum atomic E-state index is 0.312. The van der Waals surface area contributed by atoms with Gasteiger partial charge < -0.3 is 0 Å². The Labute approximate surface area is 112 Å². The molecule has 1 aromatic rings. The van der Waals surface area contributed by atoms with Gasteiger partial charge in [-0.15, -0.1) is 0 Å². The van der Waals surface area contributed by atoms with Gasteiger partial charge in [0.15, 0.2) is 0 Å². The number of carbonyl (C=O) groups excluding carboxylic acids is 1. The summed E-state index contributed by atoms with van der Waals surface area (Å²) in [6, 6.07) is 8.03. The third kappa shape index (κ3) is 3.19. The Bertz CT molecular complexity index is 400. The molecule has 0 amide bonds. The van der Waals surface area contributed by atoms with Crippen molar-refractivity contribution in [1.82, 2.24) is 0 Å². The predicted molar refractivity (Wildman–Crippen MR) is 74.0 cm³/mol. The van der Waals surface area contributed by atoms with E-state index in [2.05, 4.69) is 22.9 Å². The first kappa shape index (κ1) is 12.8. The van der Waals surface area contributed by atoms with Crippen LogP contribution in [0.15, 0.2) is 28.7 Å². The molecule has 0 saturated heterocycles. The molecule has 0 radical (unpaired) electrons. The first-order valence-corrected chi connectivity index (χ1v) is 7.26. The number of rotatable bonds is 4. The van der Waals surface area contributed by atoms with E-state index in [1.54, 1.807) is 0 Å². The maximum atomic E-state index is 12.2. The molecule has 0 spiro atoms. The van der Waals surface area contributed by atoms with Gasteiger partial charge in [0.25, 0.3) is 0 Å². The fourth-order valence-electron chi connectivity index (χ4n) is 2.71. The van der Waals surface area contributed by atoms with Gasteiger partial charge in [-0.2, -0.15) is 0 Å². The summed E-state index contributed by atoms with van der Waals surface area (Å²) in [6.45, 7) is 2.23. The Kier molecular flexibility index (Phi) is 4.38. The van der Waals surface area contributed by atoms with Crippen molar-refractivity contribution in [2.24, 2.45) is 11.8 Å². The van der Waals surface area contributed by atoms with Crippen LogP contribution in [0, 0.1) is 11.8 Å². The van der Waals surface area contributed by atoms with Crippen LogP contribution in [0.1, 0.15) is 38.2 Å². The summed E-state index contributed by atoms with van der Waals surface area (Å²) in [4.78, 5) is 12.2. The van der Waals surface area contributed by atoms with Crippen LogP contribution in [0.4, 0.5) is 0 Å². The third-order valence-corrected chi connectivity index (χ3v) is 4.67. The second-order valence-corrected chi connectivity index (χ2v) is 5.87. The SMILES string of the molecule is CCC1CCC(C(=O)Cc2ccccc2Br)C1. The molecule has 0 N–H and O–H groups in total. The van der Waals surface area contributed by atoms with Crippen LogP contribution in [0.2, 0.25) is 0 Å².